The number of nitrogens with two attached hydrogens (primary N) is 1. The van der Waals surface area contributed by atoms with E-state index in [9.17, 15) is 5.26 Å². The lowest BCUT2D eigenvalue weighted by molar-refractivity contribution is 0.417. The number of nitrogens with zero attached hydrogens (tertiary/aromatic N) is 2. The van der Waals surface area contributed by atoms with Gasteiger partial charge in [0.05, 0.1) is 5.56 Å². The molecule has 0 aliphatic heterocycles. The quantitative estimate of drug-likeness (QED) is 0.864. The molecule has 1 heterocycles. The maximum atomic E-state index is 9.30. The standard InChI is InChI=1S/C16H24N4/c1-3-16(18,4-2)11-19-15-13(10-17)9-12-7-5-6-8-14(12)20-15/h9H,3-8,11,18H2,1-2H3,(H,19,20). The molecule has 0 aromatic carbocycles. The van der Waals surface area contributed by atoms with Crippen LogP contribution in [0.3, 0.4) is 0 Å². The van der Waals surface area contributed by atoms with Gasteiger partial charge in [-0.1, -0.05) is 13.8 Å². The van der Waals surface area contributed by atoms with Crippen molar-refractivity contribution in [2.24, 2.45) is 5.73 Å². The molecule has 1 aromatic rings. The highest BCUT2D eigenvalue weighted by molar-refractivity contribution is 5.55. The van der Waals surface area contributed by atoms with Gasteiger partial charge in [0, 0.05) is 17.8 Å². The van der Waals surface area contributed by atoms with E-state index in [0.717, 1.165) is 31.4 Å². The molecule has 4 heteroatoms. The molecule has 108 valence electrons. The Kier molecular flexibility index (Phi) is 4.61. The molecule has 0 spiro atoms. The summed E-state index contributed by atoms with van der Waals surface area (Å²) in [5.74, 6) is 0.699. The predicted octanol–water partition coefficient (Wildman–Crippen LogP) is 2.76. The zero-order chi connectivity index (χ0) is 14.6. The van der Waals surface area contributed by atoms with Crippen molar-refractivity contribution in [3.63, 3.8) is 0 Å². The Morgan fingerprint density at radius 1 is 1.35 bits per heavy atom. The number of anilines is 1. The summed E-state index contributed by atoms with van der Waals surface area (Å²) in [6.07, 6.45) is 6.26. The highest BCUT2D eigenvalue weighted by Gasteiger charge is 2.21. The molecule has 1 aliphatic carbocycles. The van der Waals surface area contributed by atoms with Crippen LogP contribution in [0.15, 0.2) is 6.07 Å². The molecule has 4 nitrogen and oxygen atoms in total. The van der Waals surface area contributed by atoms with Crippen LogP contribution in [-0.4, -0.2) is 17.1 Å². The molecule has 0 unspecified atom stereocenters. The Labute approximate surface area is 121 Å². The van der Waals surface area contributed by atoms with E-state index in [-0.39, 0.29) is 5.54 Å². The van der Waals surface area contributed by atoms with E-state index >= 15 is 0 Å². The summed E-state index contributed by atoms with van der Waals surface area (Å²) >= 11 is 0. The first kappa shape index (κ1) is 14.8. The van der Waals surface area contributed by atoms with Gasteiger partial charge in [0.25, 0.3) is 0 Å². The topological polar surface area (TPSA) is 74.7 Å². The van der Waals surface area contributed by atoms with Crippen LogP contribution in [0.4, 0.5) is 5.82 Å². The van der Waals surface area contributed by atoms with Crippen molar-refractivity contribution in [2.75, 3.05) is 11.9 Å². The van der Waals surface area contributed by atoms with Crippen molar-refractivity contribution in [1.29, 1.82) is 5.26 Å². The lowest BCUT2D eigenvalue weighted by Crippen LogP contribution is -2.45. The van der Waals surface area contributed by atoms with Crippen LogP contribution < -0.4 is 11.1 Å². The molecule has 0 radical (unpaired) electrons. The van der Waals surface area contributed by atoms with Gasteiger partial charge >= 0.3 is 0 Å². The first-order chi connectivity index (χ1) is 9.61. The van der Waals surface area contributed by atoms with E-state index in [4.69, 9.17) is 5.73 Å². The fraction of sp³-hybridized carbons (Fsp3) is 0.625. The summed E-state index contributed by atoms with van der Waals surface area (Å²) in [4.78, 5) is 4.67. The van der Waals surface area contributed by atoms with E-state index in [1.165, 1.54) is 18.4 Å². The molecular formula is C16H24N4. The van der Waals surface area contributed by atoms with Crippen molar-refractivity contribution in [2.45, 2.75) is 57.9 Å². The van der Waals surface area contributed by atoms with Gasteiger partial charge in [0.1, 0.15) is 11.9 Å². The summed E-state index contributed by atoms with van der Waals surface area (Å²) in [6, 6.07) is 4.25. The van der Waals surface area contributed by atoms with Crippen LogP contribution in [0.2, 0.25) is 0 Å². The third-order valence-electron chi connectivity index (χ3n) is 4.44. The number of pyridine rings is 1. The number of hydrogen-bond donors (Lipinski definition) is 2. The van der Waals surface area contributed by atoms with Gasteiger partial charge in [0.15, 0.2) is 0 Å². The van der Waals surface area contributed by atoms with Crippen molar-refractivity contribution >= 4 is 5.82 Å². The van der Waals surface area contributed by atoms with Crippen molar-refractivity contribution in [3.8, 4) is 6.07 Å². The zero-order valence-electron chi connectivity index (χ0n) is 12.5. The average molecular weight is 272 g/mol. The summed E-state index contributed by atoms with van der Waals surface area (Å²) < 4.78 is 0. The molecule has 0 fully saturated rings. The fourth-order valence-electron chi connectivity index (χ4n) is 2.61. The fourth-order valence-corrected chi connectivity index (χ4v) is 2.61. The normalized spacial score (nSPS) is 14.5. The molecular weight excluding hydrogens is 248 g/mol. The van der Waals surface area contributed by atoms with Crippen molar-refractivity contribution in [1.82, 2.24) is 4.98 Å². The van der Waals surface area contributed by atoms with E-state index in [1.54, 1.807) is 0 Å². The van der Waals surface area contributed by atoms with Gasteiger partial charge in [-0.05, 0) is 50.2 Å². The molecule has 20 heavy (non-hydrogen) atoms. The highest BCUT2D eigenvalue weighted by Crippen LogP contribution is 2.25. The molecule has 2 rings (SSSR count). The van der Waals surface area contributed by atoms with E-state index in [2.05, 4.69) is 30.2 Å². The second kappa shape index (κ2) is 6.23. The van der Waals surface area contributed by atoms with Gasteiger partial charge < -0.3 is 11.1 Å². The van der Waals surface area contributed by atoms with E-state index in [1.807, 2.05) is 6.07 Å². The monoisotopic (exact) mass is 272 g/mol. The Bertz CT molecular complexity index is 512. The molecule has 1 aromatic heterocycles. The number of aryl methyl sites for hydroxylation is 2. The third-order valence-corrected chi connectivity index (χ3v) is 4.44. The summed E-state index contributed by atoms with van der Waals surface area (Å²) in [6.45, 7) is 4.84. The van der Waals surface area contributed by atoms with Gasteiger partial charge in [-0.15, -0.1) is 0 Å². The van der Waals surface area contributed by atoms with Crippen LogP contribution in [0.25, 0.3) is 0 Å². The summed E-state index contributed by atoms with van der Waals surface area (Å²) in [5.41, 5.74) is 9.09. The SMILES string of the molecule is CCC(N)(CC)CNc1nc2c(cc1C#N)CCCC2. The maximum absolute atomic E-state index is 9.30. The van der Waals surface area contributed by atoms with Crippen LogP contribution in [0.5, 0.6) is 0 Å². The smallest absolute Gasteiger partial charge is 0.144 e. The Hall–Kier alpha value is -1.60. The minimum Gasteiger partial charge on any atom is -0.367 e. The number of rotatable bonds is 5. The molecule has 3 N–H and O–H groups in total. The lowest BCUT2D eigenvalue weighted by Gasteiger charge is -2.27. The Morgan fingerprint density at radius 3 is 2.70 bits per heavy atom. The molecule has 0 saturated heterocycles. The number of hydrogen-bond acceptors (Lipinski definition) is 4. The van der Waals surface area contributed by atoms with Gasteiger partial charge in [-0.25, -0.2) is 4.98 Å². The molecule has 0 atom stereocenters. The number of nitrogens with one attached hydrogen (secondary N) is 1. The Balaban J connectivity index is 2.21. The largest absolute Gasteiger partial charge is 0.367 e. The van der Waals surface area contributed by atoms with Crippen LogP contribution >= 0.6 is 0 Å². The second-order valence-electron chi connectivity index (χ2n) is 5.73. The zero-order valence-corrected chi connectivity index (χ0v) is 12.5. The number of aromatic nitrogens is 1. The lowest BCUT2D eigenvalue weighted by atomic mass is 9.93. The van der Waals surface area contributed by atoms with Crippen LogP contribution in [-0.2, 0) is 12.8 Å². The molecule has 1 aliphatic rings. The van der Waals surface area contributed by atoms with Gasteiger partial charge in [-0.3, -0.25) is 0 Å². The van der Waals surface area contributed by atoms with Crippen LogP contribution in [0, 0.1) is 11.3 Å². The van der Waals surface area contributed by atoms with E-state index < -0.39 is 0 Å². The second-order valence-corrected chi connectivity index (χ2v) is 5.73. The van der Waals surface area contributed by atoms with Gasteiger partial charge in [0.2, 0.25) is 0 Å². The first-order valence-corrected chi connectivity index (χ1v) is 7.57. The highest BCUT2D eigenvalue weighted by atomic mass is 15.0. The predicted molar refractivity (Wildman–Crippen MR) is 81.6 cm³/mol. The number of nitriles is 1. The molecule has 0 bridgehead atoms. The van der Waals surface area contributed by atoms with Crippen molar-refractivity contribution in [3.05, 3.63) is 22.9 Å². The summed E-state index contributed by atoms with van der Waals surface area (Å²) in [5, 5.41) is 12.6. The minimum atomic E-state index is -0.232. The average Bonchev–Trinajstić information content (AvgIpc) is 2.51. The first-order valence-electron chi connectivity index (χ1n) is 7.57. The molecule has 0 saturated carbocycles. The summed E-state index contributed by atoms with van der Waals surface area (Å²) in [7, 11) is 0. The Morgan fingerprint density at radius 2 is 2.05 bits per heavy atom. The molecule has 0 amide bonds. The van der Waals surface area contributed by atoms with Gasteiger partial charge in [-0.2, -0.15) is 5.26 Å². The number of fused-ring (bicyclic) bond motifs is 1. The van der Waals surface area contributed by atoms with Crippen LogP contribution in [0.1, 0.15) is 56.4 Å². The van der Waals surface area contributed by atoms with E-state index in [0.29, 0.717) is 17.9 Å². The third kappa shape index (κ3) is 3.10. The maximum Gasteiger partial charge on any atom is 0.144 e. The van der Waals surface area contributed by atoms with Crippen molar-refractivity contribution < 1.29 is 0 Å². The minimum absolute atomic E-state index is 0.232.